The molecule has 0 unspecified atom stereocenters. The summed E-state index contributed by atoms with van der Waals surface area (Å²) < 4.78 is 38.4. The summed E-state index contributed by atoms with van der Waals surface area (Å²) in [7, 11) is 10.2. The van der Waals surface area contributed by atoms with Crippen LogP contribution in [-0.2, 0) is 69.2 Å². The Bertz CT molecular complexity index is 4310. The Hall–Kier alpha value is -8.05. The van der Waals surface area contributed by atoms with Gasteiger partial charge in [-0.2, -0.15) is 4.73 Å². The molecule has 11 rings (SSSR count). The Morgan fingerprint density at radius 3 is 2.37 bits per heavy atom. The van der Waals surface area contributed by atoms with E-state index in [2.05, 4.69) is 41.7 Å². The summed E-state index contributed by atoms with van der Waals surface area (Å²) in [6.45, 7) is 4.88. The zero-order chi connectivity index (χ0) is 70.7. The minimum absolute atomic E-state index is 0.00588. The standard InChI is InChI=1S/C63H74N14O17S5/c1-28(79)36(64-5)22-92-74-46(29(2)88-10)58-70-40(27-98-58)55(83)73-49-51-52(94-44-15-63(4,86)53(76(8)9)30(3)93-44)62(85)90-19-31-12-11-13-41-45(31)35(20-89-51)50(77(41)87)61(84)91-21-37(68-54(82)39-26-99-60(49)71-39)57-69-38(25-97-57)47-34(56-67-33(18-78)24-95-56)14-42(80)48(72-47)59-66-32(23-96-59)16-65-43(81)17-75(6)7/h11-14,23-28,30,36-37,44,49,51-53,64,74,78-80,86-87H,15-22H2,1-10H3,(H,65,81)(H,68,82)(H,73,83)/b46-29+/t28-,30+,36-,37+,44+,49+,51+,52+,53-,63+/m1/s1. The third-order valence-corrected chi connectivity index (χ3v) is 21.1. The van der Waals surface area contributed by atoms with Crippen LogP contribution in [0.3, 0.4) is 0 Å². The van der Waals surface area contributed by atoms with Crippen molar-refractivity contribution < 1.29 is 82.9 Å². The summed E-state index contributed by atoms with van der Waals surface area (Å²) in [6.07, 6.45) is -6.54. The van der Waals surface area contributed by atoms with E-state index in [1.54, 1.807) is 96.1 Å². The number of hydroxylamine groups is 1. The average Bonchev–Trinajstić information content (AvgIpc) is 1.63. The second-order valence-electron chi connectivity index (χ2n) is 24.3. The fourth-order valence-electron chi connectivity index (χ4n) is 11.8. The molecule has 4 bridgehead atoms. The molecule has 99 heavy (non-hydrogen) atoms. The van der Waals surface area contributed by atoms with Gasteiger partial charge >= 0.3 is 11.9 Å². The first kappa shape index (κ1) is 72.2. The van der Waals surface area contributed by atoms with Crippen LogP contribution in [0.25, 0.3) is 49.3 Å². The van der Waals surface area contributed by atoms with Gasteiger partial charge in [0.25, 0.3) is 11.8 Å². The molecule has 0 spiro atoms. The third-order valence-electron chi connectivity index (χ3n) is 16.6. The molecule has 0 aliphatic carbocycles. The van der Waals surface area contributed by atoms with Gasteiger partial charge in [-0.05, 0) is 80.6 Å². The molecule has 10 heterocycles. The quantitative estimate of drug-likeness (QED) is 0.0190. The van der Waals surface area contributed by atoms with Gasteiger partial charge in [0.05, 0.1) is 86.8 Å². The molecule has 0 radical (unpaired) electrons. The van der Waals surface area contributed by atoms with Gasteiger partial charge in [-0.1, -0.05) is 12.1 Å². The SMILES string of the molecule is CN[C@H](CON/C(=C(\C)OC)c1nc(C(=O)N[C@@H]2c3nc(cs3)C(=O)N[C@H](c3nc(-c4nc(-c5nc(CNC(=O)CN(C)C)cs5)c(O)cc4-c4nc(CO)cs4)cs3)COC(=O)c3c4c5c(cccc5n3O)COC(=O)[C@@H](O[C@H]3C[C@](C)(O)[C@H](N(C)C)[C@H](C)O3)[C@H]2OC4)cs1)[C@@H](C)O. The van der Waals surface area contributed by atoms with Gasteiger partial charge in [-0.25, -0.2) is 39.5 Å². The number of ether oxygens (including phenoxy) is 6. The first-order valence-corrected chi connectivity index (χ1v) is 35.4. The normalized spacial score (nSPS) is 22.3. The first-order chi connectivity index (χ1) is 47.3. The number of amides is 3. The van der Waals surface area contributed by atoms with Gasteiger partial charge in [0.15, 0.2) is 18.1 Å². The van der Waals surface area contributed by atoms with Gasteiger partial charge in [0.2, 0.25) is 5.91 Å². The highest BCUT2D eigenvalue weighted by molar-refractivity contribution is 7.13. The number of aliphatic hydroxyl groups is 3. The van der Waals surface area contributed by atoms with E-state index in [9.17, 15) is 30.4 Å². The molecule has 10 N–H and O–H groups in total. The van der Waals surface area contributed by atoms with E-state index in [-0.39, 0.29) is 110 Å². The van der Waals surface area contributed by atoms with Gasteiger partial charge in [-0.3, -0.25) is 24.7 Å². The molecule has 1 saturated heterocycles. The molecular formula is C63H74N14O17S5. The van der Waals surface area contributed by atoms with E-state index in [4.69, 9.17) is 48.2 Å². The number of aliphatic hydroxyl groups excluding tert-OH is 2. The number of carbonyl (C=O) groups is 5. The number of aromatic hydroxyl groups is 1. The fraction of sp³-hybridized carbons (Fsp3) is 0.444. The number of nitrogens with zero attached hydrogens (tertiary/aromatic N) is 9. The van der Waals surface area contributed by atoms with E-state index in [0.29, 0.717) is 43.0 Å². The number of hydrogen-bond donors (Lipinski definition) is 10. The highest BCUT2D eigenvalue weighted by Gasteiger charge is 2.50. The molecular weight excluding hydrogens is 1390 g/mol. The van der Waals surface area contributed by atoms with Crippen molar-refractivity contribution in [1.29, 1.82) is 0 Å². The molecule has 528 valence electrons. The Labute approximate surface area is 586 Å². The maximum absolute atomic E-state index is 15.1. The lowest BCUT2D eigenvalue weighted by Crippen LogP contribution is -2.62. The first-order valence-electron chi connectivity index (χ1n) is 31.0. The van der Waals surface area contributed by atoms with Crippen LogP contribution in [0.1, 0.15) is 115 Å². The second-order valence-corrected chi connectivity index (χ2v) is 28.6. The van der Waals surface area contributed by atoms with Crippen LogP contribution in [0.4, 0.5) is 0 Å². The summed E-state index contributed by atoms with van der Waals surface area (Å²) >= 11 is 5.38. The third kappa shape index (κ3) is 15.8. The number of esters is 2. The molecule has 7 aromatic heterocycles. The average molecular weight is 1460 g/mol. The van der Waals surface area contributed by atoms with Gasteiger partial charge in [0, 0.05) is 49.8 Å². The van der Waals surface area contributed by atoms with Gasteiger partial charge < -0.3 is 85.1 Å². The lowest BCUT2D eigenvalue weighted by Gasteiger charge is -2.48. The highest BCUT2D eigenvalue weighted by atomic mass is 32.1. The van der Waals surface area contributed by atoms with E-state index in [0.717, 1.165) is 34.0 Å². The summed E-state index contributed by atoms with van der Waals surface area (Å²) in [5.74, 6) is -3.93. The second kappa shape index (κ2) is 30.8. The summed E-state index contributed by atoms with van der Waals surface area (Å²) in [4.78, 5) is 111. The van der Waals surface area contributed by atoms with E-state index in [1.165, 1.54) is 52.7 Å². The Morgan fingerprint density at radius 2 is 1.66 bits per heavy atom. The van der Waals surface area contributed by atoms with E-state index in [1.807, 2.05) is 4.90 Å². The number of carbonyl (C=O) groups excluding carboxylic acids is 5. The van der Waals surface area contributed by atoms with Crippen LogP contribution in [0.5, 0.6) is 5.75 Å². The van der Waals surface area contributed by atoms with Crippen molar-refractivity contribution in [2.75, 3.05) is 62.1 Å². The van der Waals surface area contributed by atoms with Crippen LogP contribution >= 0.6 is 56.7 Å². The van der Waals surface area contributed by atoms with Crippen LogP contribution in [0.2, 0.25) is 0 Å². The number of cyclic esters (lactones) is 2. The number of nitrogens with one attached hydrogen (secondary N) is 5. The minimum atomic E-state index is -1.86. The predicted molar refractivity (Wildman–Crippen MR) is 363 cm³/mol. The molecule has 0 saturated carbocycles. The number of rotatable bonds is 22. The zero-order valence-electron chi connectivity index (χ0n) is 55.3. The fourth-order valence-corrected chi connectivity index (χ4v) is 16.0. The molecule has 3 amide bonds. The molecule has 8 aromatic rings. The lowest BCUT2D eigenvalue weighted by molar-refractivity contribution is -0.280. The molecule has 36 heteroatoms. The van der Waals surface area contributed by atoms with Crippen LogP contribution in [0, 0.1) is 0 Å². The van der Waals surface area contributed by atoms with Crippen molar-refractivity contribution in [1.82, 2.24) is 71.2 Å². The number of thiazole rings is 5. The summed E-state index contributed by atoms with van der Waals surface area (Å²) in [5, 5.41) is 77.1. The topological polar surface area (TPSA) is 400 Å². The largest absolute Gasteiger partial charge is 0.506 e. The van der Waals surface area contributed by atoms with Crippen molar-refractivity contribution in [2.24, 2.45) is 0 Å². The van der Waals surface area contributed by atoms with E-state index < -0.39 is 110 Å². The van der Waals surface area contributed by atoms with E-state index >= 15 is 19.2 Å². The zero-order valence-corrected chi connectivity index (χ0v) is 59.3. The van der Waals surface area contributed by atoms with Crippen molar-refractivity contribution >= 4 is 103 Å². The number of benzene rings is 1. The van der Waals surface area contributed by atoms with Gasteiger partial charge in [0.1, 0.15) is 102 Å². The maximum Gasteiger partial charge on any atom is 0.358 e. The summed E-state index contributed by atoms with van der Waals surface area (Å²) in [5.41, 5.74) is 3.03. The summed E-state index contributed by atoms with van der Waals surface area (Å²) in [6, 6.07) is 2.36. The Morgan fingerprint density at radius 1 is 0.919 bits per heavy atom. The van der Waals surface area contributed by atoms with Crippen molar-refractivity contribution in [3.63, 3.8) is 0 Å². The van der Waals surface area contributed by atoms with Crippen molar-refractivity contribution in [2.45, 2.75) is 121 Å². The molecule has 31 nitrogen and oxygen atoms in total. The number of methoxy groups -OCH3 is 1. The van der Waals surface area contributed by atoms with Gasteiger partial charge in [-0.15, -0.1) is 56.7 Å². The maximum atomic E-state index is 15.1. The number of hydrogen-bond acceptors (Lipinski definition) is 32. The number of allylic oxidation sites excluding steroid dienone is 1. The number of likely N-dealkylation sites (N-methyl/N-ethyl adjacent to an activating group) is 3. The number of aromatic nitrogens is 7. The molecule has 3 aliphatic rings. The monoisotopic (exact) mass is 1460 g/mol. The van der Waals surface area contributed by atoms with Crippen LogP contribution in [-0.4, -0.2) is 210 Å². The molecule has 1 aromatic carbocycles. The van der Waals surface area contributed by atoms with Crippen molar-refractivity contribution in [3.05, 3.63) is 112 Å². The minimum Gasteiger partial charge on any atom is -0.506 e. The molecule has 3 aliphatic heterocycles. The molecule has 10 atom stereocenters. The lowest BCUT2D eigenvalue weighted by atomic mass is 9.85. The number of pyridine rings is 1. The Balaban J connectivity index is 1.01. The number of fused-ring (bicyclic) bond motifs is 4. The molecule has 1 fully saturated rings. The van der Waals surface area contributed by atoms with Crippen LogP contribution in [0.15, 0.2) is 56.9 Å². The predicted octanol–water partition coefficient (Wildman–Crippen LogP) is 4.71. The Kier molecular flexibility index (Phi) is 22.5. The van der Waals surface area contributed by atoms with Crippen molar-refractivity contribution in [3.8, 4) is 38.4 Å². The smallest absolute Gasteiger partial charge is 0.358 e. The van der Waals surface area contributed by atoms with Crippen LogP contribution < -0.4 is 26.7 Å². The highest BCUT2D eigenvalue weighted by Crippen LogP contribution is 2.43.